The molecule has 0 bridgehead atoms. The van der Waals surface area contributed by atoms with Crippen molar-refractivity contribution in [3.8, 4) is 0 Å². The second-order valence-corrected chi connectivity index (χ2v) is 6.08. The zero-order valence-electron chi connectivity index (χ0n) is 10.4. The molecule has 0 aliphatic carbocycles. The van der Waals surface area contributed by atoms with Crippen molar-refractivity contribution in [2.24, 2.45) is 0 Å². The molecule has 1 aromatic heterocycles. The van der Waals surface area contributed by atoms with Gasteiger partial charge in [0, 0.05) is 33.7 Å². The molecule has 2 amide bonds. The monoisotopic (exact) mass is 401 g/mol. The van der Waals surface area contributed by atoms with Gasteiger partial charge in [-0.05, 0) is 46.9 Å². The number of anilines is 2. The van der Waals surface area contributed by atoms with Crippen LogP contribution in [0.15, 0.2) is 35.8 Å². The third-order valence-electron chi connectivity index (χ3n) is 2.39. The first kappa shape index (κ1) is 14.9. The van der Waals surface area contributed by atoms with Crippen LogP contribution in [0.2, 0.25) is 0 Å². The summed E-state index contributed by atoms with van der Waals surface area (Å²) in [5.41, 5.74) is 0.732. The van der Waals surface area contributed by atoms with E-state index in [1.165, 1.54) is 11.3 Å². The molecule has 0 radical (unpaired) electrons. The lowest BCUT2D eigenvalue weighted by atomic mass is 10.2. The van der Waals surface area contributed by atoms with Crippen LogP contribution in [0.5, 0.6) is 0 Å². The Balaban J connectivity index is 1.74. The van der Waals surface area contributed by atoms with E-state index < -0.39 is 0 Å². The molecular formula is C13H12IN3O2S. The second-order valence-electron chi connectivity index (χ2n) is 3.94. The Bertz CT molecular complexity index is 584. The number of hydrogen-bond acceptors (Lipinski definition) is 4. The molecule has 0 fully saturated rings. The van der Waals surface area contributed by atoms with Gasteiger partial charge < -0.3 is 10.6 Å². The van der Waals surface area contributed by atoms with E-state index in [1.54, 1.807) is 11.6 Å². The molecule has 2 N–H and O–H groups in total. The SMILES string of the molecule is O=C(CCC(=O)Nc1nccs1)Nc1ccc(I)cc1. The molecule has 20 heavy (non-hydrogen) atoms. The van der Waals surface area contributed by atoms with Gasteiger partial charge in [0.1, 0.15) is 0 Å². The molecule has 7 heteroatoms. The average Bonchev–Trinajstić information content (AvgIpc) is 2.92. The van der Waals surface area contributed by atoms with Crippen LogP contribution >= 0.6 is 33.9 Å². The van der Waals surface area contributed by atoms with E-state index >= 15 is 0 Å². The molecule has 2 rings (SSSR count). The average molecular weight is 401 g/mol. The maximum Gasteiger partial charge on any atom is 0.226 e. The lowest BCUT2D eigenvalue weighted by Crippen LogP contribution is -2.17. The summed E-state index contributed by atoms with van der Waals surface area (Å²) in [5.74, 6) is -0.391. The number of carbonyl (C=O) groups excluding carboxylic acids is 2. The number of thiazole rings is 1. The van der Waals surface area contributed by atoms with Crippen LogP contribution in [-0.2, 0) is 9.59 Å². The first-order chi connectivity index (χ1) is 9.63. The highest BCUT2D eigenvalue weighted by Crippen LogP contribution is 2.13. The van der Waals surface area contributed by atoms with Crippen molar-refractivity contribution in [3.05, 3.63) is 39.4 Å². The van der Waals surface area contributed by atoms with Crippen LogP contribution in [0.3, 0.4) is 0 Å². The van der Waals surface area contributed by atoms with Gasteiger partial charge in [0.25, 0.3) is 0 Å². The van der Waals surface area contributed by atoms with Crippen LogP contribution in [0, 0.1) is 3.57 Å². The van der Waals surface area contributed by atoms with Gasteiger partial charge in [-0.2, -0.15) is 0 Å². The summed E-state index contributed by atoms with van der Waals surface area (Å²) in [5, 5.41) is 7.71. The minimum atomic E-state index is -0.210. The van der Waals surface area contributed by atoms with E-state index in [0.29, 0.717) is 5.13 Å². The number of carbonyl (C=O) groups is 2. The molecule has 0 aliphatic heterocycles. The summed E-state index contributed by atoms with van der Waals surface area (Å²) in [6.07, 6.45) is 1.89. The van der Waals surface area contributed by atoms with Crippen molar-refractivity contribution in [1.29, 1.82) is 0 Å². The van der Waals surface area contributed by atoms with Gasteiger partial charge in [0.05, 0.1) is 0 Å². The zero-order valence-corrected chi connectivity index (χ0v) is 13.4. The number of aromatic nitrogens is 1. The number of nitrogens with zero attached hydrogens (tertiary/aromatic N) is 1. The number of nitrogens with one attached hydrogen (secondary N) is 2. The Labute approximate surface area is 133 Å². The standard InChI is InChI=1S/C13H12IN3O2S/c14-9-1-3-10(4-2-9)16-11(18)5-6-12(19)17-13-15-7-8-20-13/h1-4,7-8H,5-6H2,(H,16,18)(H,15,17,19). The topological polar surface area (TPSA) is 71.1 Å². The van der Waals surface area contributed by atoms with E-state index in [9.17, 15) is 9.59 Å². The minimum Gasteiger partial charge on any atom is -0.326 e. The number of rotatable bonds is 5. The Morgan fingerprint density at radius 1 is 1.10 bits per heavy atom. The van der Waals surface area contributed by atoms with Crippen LogP contribution in [-0.4, -0.2) is 16.8 Å². The molecule has 0 saturated carbocycles. The highest BCUT2D eigenvalue weighted by Gasteiger charge is 2.08. The van der Waals surface area contributed by atoms with Crippen molar-refractivity contribution >= 4 is 56.6 Å². The van der Waals surface area contributed by atoms with E-state index in [1.807, 2.05) is 24.3 Å². The van der Waals surface area contributed by atoms with Crippen LogP contribution in [0.4, 0.5) is 10.8 Å². The van der Waals surface area contributed by atoms with Crippen LogP contribution in [0.1, 0.15) is 12.8 Å². The first-order valence-electron chi connectivity index (χ1n) is 5.88. The van der Waals surface area contributed by atoms with E-state index in [2.05, 4.69) is 38.2 Å². The minimum absolute atomic E-state index is 0.135. The number of hydrogen-bond donors (Lipinski definition) is 2. The van der Waals surface area contributed by atoms with Gasteiger partial charge in [-0.3, -0.25) is 9.59 Å². The Morgan fingerprint density at radius 2 is 1.75 bits per heavy atom. The predicted octanol–water partition coefficient (Wildman–Crippen LogP) is 3.11. The molecule has 5 nitrogen and oxygen atoms in total. The van der Waals surface area contributed by atoms with Gasteiger partial charge >= 0.3 is 0 Å². The highest BCUT2D eigenvalue weighted by molar-refractivity contribution is 14.1. The van der Waals surface area contributed by atoms with Crippen molar-refractivity contribution in [3.63, 3.8) is 0 Å². The molecule has 1 heterocycles. The van der Waals surface area contributed by atoms with Crippen LogP contribution in [0.25, 0.3) is 0 Å². The van der Waals surface area contributed by atoms with Crippen LogP contribution < -0.4 is 10.6 Å². The van der Waals surface area contributed by atoms with Crippen molar-refractivity contribution in [2.45, 2.75) is 12.8 Å². The summed E-state index contributed by atoms with van der Waals surface area (Å²) in [7, 11) is 0. The molecular weight excluding hydrogens is 389 g/mol. The summed E-state index contributed by atoms with van der Waals surface area (Å²) in [6, 6.07) is 7.47. The van der Waals surface area contributed by atoms with Crippen molar-refractivity contribution in [1.82, 2.24) is 4.98 Å². The number of benzene rings is 1. The molecule has 2 aromatic rings. The molecule has 0 atom stereocenters. The third-order valence-corrected chi connectivity index (χ3v) is 3.79. The molecule has 0 unspecified atom stereocenters. The summed E-state index contributed by atoms with van der Waals surface area (Å²) in [4.78, 5) is 27.2. The summed E-state index contributed by atoms with van der Waals surface area (Å²) in [6.45, 7) is 0. The summed E-state index contributed by atoms with van der Waals surface area (Å²) < 4.78 is 1.10. The van der Waals surface area contributed by atoms with Gasteiger partial charge in [-0.15, -0.1) is 11.3 Å². The van der Waals surface area contributed by atoms with Gasteiger partial charge in [-0.1, -0.05) is 0 Å². The Hall–Kier alpha value is -1.48. The molecule has 0 saturated heterocycles. The Kier molecular flexibility index (Phi) is 5.48. The largest absolute Gasteiger partial charge is 0.326 e. The fourth-order valence-electron chi connectivity index (χ4n) is 1.45. The Morgan fingerprint density at radius 3 is 2.35 bits per heavy atom. The van der Waals surface area contributed by atoms with E-state index in [0.717, 1.165) is 9.26 Å². The predicted molar refractivity (Wildman–Crippen MR) is 87.8 cm³/mol. The normalized spacial score (nSPS) is 10.1. The fraction of sp³-hybridized carbons (Fsp3) is 0.154. The maximum atomic E-state index is 11.7. The maximum absolute atomic E-state index is 11.7. The van der Waals surface area contributed by atoms with Gasteiger partial charge in [-0.25, -0.2) is 4.98 Å². The number of amides is 2. The fourth-order valence-corrected chi connectivity index (χ4v) is 2.36. The first-order valence-corrected chi connectivity index (χ1v) is 7.84. The smallest absolute Gasteiger partial charge is 0.226 e. The quantitative estimate of drug-likeness (QED) is 0.757. The lowest BCUT2D eigenvalue weighted by Gasteiger charge is -2.05. The van der Waals surface area contributed by atoms with Gasteiger partial charge in [0.2, 0.25) is 11.8 Å². The summed E-state index contributed by atoms with van der Waals surface area (Å²) >= 11 is 3.54. The van der Waals surface area contributed by atoms with Gasteiger partial charge in [0.15, 0.2) is 5.13 Å². The molecule has 0 spiro atoms. The van der Waals surface area contributed by atoms with Crippen molar-refractivity contribution < 1.29 is 9.59 Å². The highest BCUT2D eigenvalue weighted by atomic mass is 127. The van der Waals surface area contributed by atoms with E-state index in [4.69, 9.17) is 0 Å². The van der Waals surface area contributed by atoms with E-state index in [-0.39, 0.29) is 24.7 Å². The van der Waals surface area contributed by atoms with Crippen molar-refractivity contribution in [2.75, 3.05) is 10.6 Å². The third kappa shape index (κ3) is 4.89. The second kappa shape index (κ2) is 7.34. The number of halogens is 1. The molecule has 104 valence electrons. The lowest BCUT2D eigenvalue weighted by molar-refractivity contribution is -0.121. The molecule has 0 aliphatic rings. The molecule has 1 aromatic carbocycles. The zero-order chi connectivity index (χ0) is 14.4.